The second kappa shape index (κ2) is 4.69. The third-order valence-electron chi connectivity index (χ3n) is 1.98. The molecule has 0 atom stereocenters. The first-order valence-electron chi connectivity index (χ1n) is 5.29. The van der Waals surface area contributed by atoms with Gasteiger partial charge in [0, 0.05) is 0 Å². The van der Waals surface area contributed by atoms with Crippen LogP contribution in [0.15, 0.2) is 29.2 Å². The van der Waals surface area contributed by atoms with Gasteiger partial charge in [0.1, 0.15) is 0 Å². The molecule has 16 heavy (non-hydrogen) atoms. The standard InChI is InChI=1S/C11H18O3SSi/c1-5-10-6-8-11(9-7-10)15(12,13)14-16(2,3)4/h6-9H,5H2,1-4H3. The minimum atomic E-state index is -3.58. The highest BCUT2D eigenvalue weighted by atomic mass is 32.2. The molecular weight excluding hydrogens is 240 g/mol. The van der Waals surface area contributed by atoms with E-state index in [9.17, 15) is 8.42 Å². The van der Waals surface area contributed by atoms with Gasteiger partial charge in [0.2, 0.25) is 8.32 Å². The van der Waals surface area contributed by atoms with Gasteiger partial charge in [-0.15, -0.1) is 0 Å². The number of hydrogen-bond acceptors (Lipinski definition) is 3. The monoisotopic (exact) mass is 258 g/mol. The Kier molecular flexibility index (Phi) is 3.93. The lowest BCUT2D eigenvalue weighted by Crippen LogP contribution is -2.29. The van der Waals surface area contributed by atoms with Gasteiger partial charge in [0.25, 0.3) is 10.1 Å². The van der Waals surface area contributed by atoms with Crippen LogP contribution in [0.2, 0.25) is 19.6 Å². The van der Waals surface area contributed by atoms with Crippen LogP contribution in [0.1, 0.15) is 12.5 Å². The minimum Gasteiger partial charge on any atom is -0.312 e. The normalized spacial score (nSPS) is 12.8. The van der Waals surface area contributed by atoms with Gasteiger partial charge in [-0.05, 0) is 43.8 Å². The van der Waals surface area contributed by atoms with Crippen LogP contribution in [0.5, 0.6) is 0 Å². The molecule has 0 amide bonds. The van der Waals surface area contributed by atoms with E-state index in [4.69, 9.17) is 3.87 Å². The Hall–Kier alpha value is -0.653. The maximum atomic E-state index is 11.9. The van der Waals surface area contributed by atoms with E-state index >= 15 is 0 Å². The average Bonchev–Trinajstić information content (AvgIpc) is 2.14. The van der Waals surface area contributed by atoms with E-state index in [1.165, 1.54) is 0 Å². The fourth-order valence-corrected chi connectivity index (χ4v) is 4.76. The Morgan fingerprint density at radius 1 is 1.12 bits per heavy atom. The topological polar surface area (TPSA) is 43.4 Å². The summed E-state index contributed by atoms with van der Waals surface area (Å²) in [5, 5.41) is 0. The predicted molar refractivity (Wildman–Crippen MR) is 67.4 cm³/mol. The molecule has 0 saturated heterocycles. The lowest BCUT2D eigenvalue weighted by molar-refractivity contribution is 0.485. The highest BCUT2D eigenvalue weighted by Gasteiger charge is 2.25. The van der Waals surface area contributed by atoms with Crippen LogP contribution in [0.4, 0.5) is 0 Å². The lowest BCUT2D eigenvalue weighted by Gasteiger charge is -2.16. The first kappa shape index (κ1) is 13.4. The third kappa shape index (κ3) is 3.73. The summed E-state index contributed by atoms with van der Waals surface area (Å²) in [5.74, 6) is 0. The molecule has 1 aromatic rings. The number of rotatable bonds is 4. The van der Waals surface area contributed by atoms with Gasteiger partial charge in [-0.25, -0.2) is 0 Å². The summed E-state index contributed by atoms with van der Waals surface area (Å²) in [7, 11) is -5.67. The second-order valence-corrected chi connectivity index (χ2v) is 10.9. The zero-order chi connectivity index (χ0) is 12.4. The van der Waals surface area contributed by atoms with Crippen LogP contribution in [-0.2, 0) is 20.4 Å². The van der Waals surface area contributed by atoms with Gasteiger partial charge in [0.05, 0.1) is 4.90 Å². The van der Waals surface area contributed by atoms with Crippen molar-refractivity contribution in [2.45, 2.75) is 37.9 Å². The summed E-state index contributed by atoms with van der Waals surface area (Å²) in [6, 6.07) is 6.85. The van der Waals surface area contributed by atoms with Crippen LogP contribution in [-0.4, -0.2) is 16.7 Å². The van der Waals surface area contributed by atoms with E-state index in [0.717, 1.165) is 12.0 Å². The highest BCUT2D eigenvalue weighted by Crippen LogP contribution is 2.18. The summed E-state index contributed by atoms with van der Waals surface area (Å²) in [5.41, 5.74) is 1.12. The number of benzene rings is 1. The molecule has 0 aliphatic rings. The van der Waals surface area contributed by atoms with E-state index < -0.39 is 18.4 Å². The molecule has 0 saturated carbocycles. The van der Waals surface area contributed by atoms with Crippen molar-refractivity contribution in [1.82, 2.24) is 0 Å². The molecule has 0 bridgehead atoms. The molecule has 5 heteroatoms. The van der Waals surface area contributed by atoms with Gasteiger partial charge >= 0.3 is 0 Å². The molecule has 0 fully saturated rings. The van der Waals surface area contributed by atoms with E-state index in [2.05, 4.69) is 0 Å². The van der Waals surface area contributed by atoms with E-state index in [1.54, 1.807) is 12.1 Å². The summed E-state index contributed by atoms with van der Waals surface area (Å²) in [6.45, 7) is 7.59. The fraction of sp³-hybridized carbons (Fsp3) is 0.455. The van der Waals surface area contributed by atoms with Gasteiger partial charge in [-0.2, -0.15) is 8.42 Å². The van der Waals surface area contributed by atoms with Crippen molar-refractivity contribution in [2.75, 3.05) is 0 Å². The maximum Gasteiger partial charge on any atom is 0.287 e. The largest absolute Gasteiger partial charge is 0.312 e. The van der Waals surface area contributed by atoms with Crippen LogP contribution in [0.3, 0.4) is 0 Å². The second-order valence-electron chi connectivity index (χ2n) is 4.65. The van der Waals surface area contributed by atoms with E-state index in [0.29, 0.717) is 0 Å². The van der Waals surface area contributed by atoms with Gasteiger partial charge < -0.3 is 3.87 Å². The maximum absolute atomic E-state index is 11.9. The summed E-state index contributed by atoms with van der Waals surface area (Å²) in [6.07, 6.45) is 0.898. The molecule has 0 radical (unpaired) electrons. The molecule has 1 aromatic carbocycles. The molecule has 0 aliphatic heterocycles. The SMILES string of the molecule is CCc1ccc(S(=O)(=O)O[Si](C)(C)C)cc1. The Morgan fingerprint density at radius 3 is 2.00 bits per heavy atom. The van der Waals surface area contributed by atoms with Crippen molar-refractivity contribution in [3.8, 4) is 0 Å². The molecule has 90 valence electrons. The predicted octanol–water partition coefficient (Wildman–Crippen LogP) is 2.79. The van der Waals surface area contributed by atoms with Crippen LogP contribution in [0, 0.1) is 0 Å². The first-order chi connectivity index (χ1) is 7.24. The molecular formula is C11H18O3SSi. The Bertz CT molecular complexity index is 443. The Morgan fingerprint density at radius 2 is 1.62 bits per heavy atom. The third-order valence-corrected chi connectivity index (χ3v) is 5.71. The zero-order valence-electron chi connectivity index (χ0n) is 10.1. The summed E-state index contributed by atoms with van der Waals surface area (Å²) >= 11 is 0. The molecule has 0 unspecified atom stereocenters. The highest BCUT2D eigenvalue weighted by molar-refractivity contribution is 7.87. The van der Waals surface area contributed by atoms with Crippen LogP contribution < -0.4 is 0 Å². The molecule has 1 rings (SSSR count). The Balaban J connectivity index is 2.99. The zero-order valence-corrected chi connectivity index (χ0v) is 12.0. The van der Waals surface area contributed by atoms with E-state index in [-0.39, 0.29) is 4.90 Å². The van der Waals surface area contributed by atoms with E-state index in [1.807, 2.05) is 38.7 Å². The molecule has 0 aromatic heterocycles. The van der Waals surface area contributed by atoms with Crippen LogP contribution in [0.25, 0.3) is 0 Å². The van der Waals surface area contributed by atoms with Gasteiger partial charge in [0.15, 0.2) is 0 Å². The average molecular weight is 258 g/mol. The van der Waals surface area contributed by atoms with Gasteiger partial charge in [-0.3, -0.25) is 0 Å². The number of aryl methyl sites for hydroxylation is 1. The molecule has 3 nitrogen and oxygen atoms in total. The van der Waals surface area contributed by atoms with Gasteiger partial charge in [-0.1, -0.05) is 19.1 Å². The van der Waals surface area contributed by atoms with Crippen LogP contribution >= 0.6 is 0 Å². The molecule has 0 spiro atoms. The fourth-order valence-electron chi connectivity index (χ4n) is 1.27. The number of hydrogen-bond donors (Lipinski definition) is 0. The van der Waals surface area contributed by atoms with Crippen molar-refractivity contribution < 1.29 is 12.3 Å². The molecule has 0 N–H and O–H groups in total. The molecule has 0 heterocycles. The molecule has 0 aliphatic carbocycles. The summed E-state index contributed by atoms with van der Waals surface area (Å²) in [4.78, 5) is 0.243. The van der Waals surface area contributed by atoms with Crippen molar-refractivity contribution in [2.24, 2.45) is 0 Å². The minimum absolute atomic E-state index is 0.243. The Labute approximate surface area is 98.7 Å². The van der Waals surface area contributed by atoms with Crippen molar-refractivity contribution in [3.05, 3.63) is 29.8 Å². The van der Waals surface area contributed by atoms with Crippen molar-refractivity contribution in [3.63, 3.8) is 0 Å². The summed E-state index contributed by atoms with van der Waals surface area (Å²) < 4.78 is 28.9. The van der Waals surface area contributed by atoms with Crippen molar-refractivity contribution >= 4 is 18.4 Å². The lowest BCUT2D eigenvalue weighted by atomic mass is 10.2. The first-order valence-corrected chi connectivity index (χ1v) is 10.1. The quantitative estimate of drug-likeness (QED) is 0.780. The van der Waals surface area contributed by atoms with Crippen molar-refractivity contribution in [1.29, 1.82) is 0 Å². The smallest absolute Gasteiger partial charge is 0.287 e.